The van der Waals surface area contributed by atoms with Gasteiger partial charge < -0.3 is 79.4 Å². The van der Waals surface area contributed by atoms with Crippen LogP contribution in [0.25, 0.3) is 0 Å². The molecular weight excluding hydrogens is 2010 g/mol. The van der Waals surface area contributed by atoms with Crippen molar-refractivity contribution in [2.45, 2.75) is 326 Å². The second-order valence-electron chi connectivity index (χ2n) is 39.7. The first-order valence-electron chi connectivity index (χ1n) is 46.7. The minimum absolute atomic E-state index is 0.0271. The Morgan fingerprint density at radius 2 is 0.818 bits per heavy atom. The molecule has 3 aliphatic rings. The topological polar surface area (TPSA) is 324 Å². The summed E-state index contributed by atoms with van der Waals surface area (Å²) in [6.45, 7) is 37.8. The first kappa shape index (κ1) is 131. The zero-order chi connectivity index (χ0) is 110. The minimum atomic E-state index is -4.73. The van der Waals surface area contributed by atoms with E-state index in [1.54, 1.807) is 24.3 Å². The van der Waals surface area contributed by atoms with E-state index in [0.29, 0.717) is 65.9 Å². The van der Waals surface area contributed by atoms with Crippen molar-refractivity contribution in [1.29, 1.82) is 0 Å². The summed E-state index contributed by atoms with van der Waals surface area (Å²) < 4.78 is 253. The molecule has 2 aromatic heterocycles. The number of Topliss-reactive ketones (excluding diaryl/α,β-unsaturated/α-hetero) is 1. The van der Waals surface area contributed by atoms with Crippen molar-refractivity contribution in [3.63, 3.8) is 0 Å². The average molecular weight is 2160 g/mol. The number of aromatic amines is 2. The van der Waals surface area contributed by atoms with Crippen LogP contribution in [0.5, 0.6) is 11.5 Å². The molecule has 1 aliphatic heterocycles. The Morgan fingerprint density at radius 3 is 1.09 bits per heavy atom. The molecule has 5 atom stereocenters. The third-order valence-electron chi connectivity index (χ3n) is 25.6. The number of aliphatic hydroxyl groups is 2. The van der Waals surface area contributed by atoms with Crippen LogP contribution < -0.4 is 42.3 Å². The van der Waals surface area contributed by atoms with Gasteiger partial charge in [0.05, 0.1) is 19.8 Å². The number of hydrogen-bond acceptors (Lipinski definition) is 19. The van der Waals surface area contributed by atoms with E-state index >= 15 is 0 Å². The van der Waals surface area contributed by atoms with E-state index in [9.17, 15) is 108 Å². The number of carbonyl (C=O) groups excluding carboxylic acids is 2. The highest BCUT2D eigenvalue weighted by molar-refractivity contribution is 6.75. The van der Waals surface area contributed by atoms with Crippen molar-refractivity contribution >= 4 is 65.8 Å². The summed E-state index contributed by atoms with van der Waals surface area (Å²) >= 11 is 12.2. The number of aliphatic hydroxyl groups excluding tert-OH is 2. The van der Waals surface area contributed by atoms with Crippen molar-refractivity contribution < 1.29 is 136 Å². The summed E-state index contributed by atoms with van der Waals surface area (Å²) in [4.78, 5) is 76.9. The van der Waals surface area contributed by atoms with Crippen LogP contribution in [0.1, 0.15) is 223 Å². The van der Waals surface area contributed by atoms with Gasteiger partial charge >= 0.3 is 43.0 Å². The summed E-state index contributed by atoms with van der Waals surface area (Å²) in [5.74, 6) is -4.22. The highest BCUT2D eigenvalue weighted by atomic mass is 35.5. The Morgan fingerprint density at radius 1 is 0.497 bits per heavy atom. The monoisotopic (exact) mass is 2160 g/mol. The normalized spacial score (nSPS) is 16.5. The molecule has 1 amide bonds. The van der Waals surface area contributed by atoms with Crippen LogP contribution in [-0.2, 0) is 59.7 Å². The number of carboxylic acids is 1. The van der Waals surface area contributed by atoms with E-state index in [4.69, 9.17) is 61.9 Å². The molecule has 3 heterocycles. The van der Waals surface area contributed by atoms with Crippen LogP contribution in [0, 0.1) is 0 Å². The van der Waals surface area contributed by atoms with Crippen LogP contribution in [0.2, 0.25) is 64.4 Å². The largest absolute Gasteiger partial charge is 0.481 e. The number of nitrogens with one attached hydrogen (secondary N) is 5. The second kappa shape index (κ2) is 57.3. The highest BCUT2D eigenvalue weighted by Gasteiger charge is 2.54. The number of alkyl halides is 18. The second-order valence-corrected chi connectivity index (χ2v) is 55.0. The standard InChI is InChI=1S/C35H45ClF3N3O4Si.C24H23ClN2O4.2C11H24F3NOSi.C6H9F3O.C5H10F3NO.C3H3F3O.C2H7NO/c1-24(35(37,38)39)42(20-21-46-47(5,6)33(2,3)4)32(44)29-30(45-23-25-12-8-7-9-13-25)31(43)41-28(40-29)22-34(18-10-11-19-34)26-14-16-27(36)17-15-26;25-18-10-8-17(9-11-18)24(12-4-5-13-24)14-19-26-20(23(29)30)21(22(28)27-19)31-15-16-6-2-1-3-7-16;2*1-9(11(12,13)14)15-7-8-16-17(5,6)10(2,3)4;1-5(6(7,8)9)3-2-4-10-5;1-4(5(6,7)8)9-2-3-10;1-2(7)3(4,5)6;3-1-2-4/h7-9,12-17,24H,10-11,18-23H2,1-6H3,(H,40,41,43);1-3,6-11H,4-5,12-15H2,(H,29,30)(H,26,27,28);2*9,15H,7-8H2,1-6H3;2-4H2,1H3;4,9-10H,2-3H2,1H3;1H3;4H,1-3H2. The molecule has 6 aromatic rings. The van der Waals surface area contributed by atoms with E-state index in [0.717, 1.165) is 103 Å². The number of halogens is 20. The van der Waals surface area contributed by atoms with Crippen LogP contribution >= 0.6 is 23.2 Å². The molecule has 0 radical (unpaired) electrons. The van der Waals surface area contributed by atoms with E-state index < -0.39 is 132 Å². The number of hydrogen-bond donors (Lipinski definition) is 9. The molecule has 0 bridgehead atoms. The van der Waals surface area contributed by atoms with Gasteiger partial charge in [-0.2, -0.15) is 79.0 Å². The smallest absolute Gasteiger partial charge is 0.449 e. The van der Waals surface area contributed by atoms with E-state index in [2.05, 4.69) is 108 Å². The molecule has 2 saturated carbocycles. The minimum Gasteiger partial charge on any atom is -0.481 e. The van der Waals surface area contributed by atoms with Gasteiger partial charge in [-0.15, -0.1) is 0 Å². The molecule has 9 rings (SSSR count). The SMILES string of the molecule is CC(=O)C(F)(F)F.CC(N(CCO[Si](C)(C)C(C)(C)C)C(=O)c1nc(CC2(c3ccc(Cl)cc3)CCCC2)[nH]c(=O)c1OCc1ccccc1)C(F)(F)F.CC(NCCO)C(F)(F)F.CC(NCCO[Si](C)(C)C(C)(C)C)C(F)(F)F.CC(NCCO[Si](C)(C)C(C)(C)C)C(F)(F)F.CC1(C(F)(F)F)CCCO1.NCCO.O=C(O)c1nc(CC2(c3ccc(Cl)cc3)CCCC2)[nH]c(=O)c1OCc1ccccc1. The number of benzene rings is 4. The first-order valence-corrected chi connectivity index (χ1v) is 56.2. The van der Waals surface area contributed by atoms with Gasteiger partial charge in [0.15, 0.2) is 41.9 Å². The number of nitrogens with two attached hydrogens (primary N) is 1. The van der Waals surface area contributed by atoms with Gasteiger partial charge in [0, 0.05) is 93.2 Å². The average Bonchev–Trinajstić information content (AvgIpc) is 1.67. The number of aromatic nitrogens is 4. The van der Waals surface area contributed by atoms with Gasteiger partial charge in [-0.05, 0) is 174 Å². The maximum absolute atomic E-state index is 14.2. The number of nitrogens with zero attached hydrogens (tertiary/aromatic N) is 3. The lowest BCUT2D eigenvalue weighted by atomic mass is 9.76. The van der Waals surface area contributed by atoms with E-state index in [-0.39, 0.29) is 122 Å². The number of aromatic carboxylic acids is 1. The number of rotatable bonds is 33. The van der Waals surface area contributed by atoms with Crippen molar-refractivity contribution in [2.24, 2.45) is 5.73 Å². The van der Waals surface area contributed by atoms with Crippen LogP contribution in [0.15, 0.2) is 119 Å². The quantitative estimate of drug-likeness (QED) is 0.0105. The van der Waals surface area contributed by atoms with Crippen LogP contribution in [-0.4, -0.2) is 222 Å². The lowest BCUT2D eigenvalue weighted by molar-refractivity contribution is -0.255. The van der Waals surface area contributed by atoms with Crippen molar-refractivity contribution in [1.82, 2.24) is 40.8 Å². The van der Waals surface area contributed by atoms with Crippen molar-refractivity contribution in [3.8, 4) is 11.5 Å². The number of carbonyl (C=O) groups is 3. The van der Waals surface area contributed by atoms with Gasteiger partial charge in [-0.3, -0.25) is 19.2 Å². The molecule has 10 N–H and O–H groups in total. The summed E-state index contributed by atoms with van der Waals surface area (Å²) in [6.07, 6.45) is -17.3. The Kier molecular flexibility index (Phi) is 52.6. The molecule has 23 nitrogen and oxygen atoms in total. The third-order valence-corrected chi connectivity index (χ3v) is 39.7. The Bertz CT molecular complexity index is 4820. The number of carboxylic acid groups (broad SMARTS) is 1. The molecule has 4 aromatic carbocycles. The maximum atomic E-state index is 14.2. The number of ketones is 1. The fourth-order valence-corrected chi connectivity index (χ4v) is 16.7. The Hall–Kier alpha value is -7.58. The summed E-state index contributed by atoms with van der Waals surface area (Å²) in [5, 5.41) is 33.8. The van der Waals surface area contributed by atoms with E-state index in [1.807, 2.05) is 119 Å². The van der Waals surface area contributed by atoms with Crippen molar-refractivity contribution in [2.75, 3.05) is 72.4 Å². The van der Waals surface area contributed by atoms with Crippen LogP contribution in [0.3, 0.4) is 0 Å². The molecule has 0 spiro atoms. The van der Waals surface area contributed by atoms with Gasteiger partial charge in [0.1, 0.15) is 49.0 Å². The molecule has 3 fully saturated rings. The number of ether oxygens (including phenoxy) is 3. The predicted molar refractivity (Wildman–Crippen MR) is 525 cm³/mol. The third kappa shape index (κ3) is 44.8. The number of amides is 1. The maximum Gasteiger partial charge on any atom is 0.449 e. The first-order chi connectivity index (χ1) is 65.5. The molecular formula is C97H145Cl2F18N9O14Si3. The fraction of sp³-hybridized carbons (Fsp3) is 0.639. The molecule has 2 aliphatic carbocycles. The Balaban J connectivity index is 0.000000618. The summed E-state index contributed by atoms with van der Waals surface area (Å²) in [6, 6.07) is 26.8. The van der Waals surface area contributed by atoms with Gasteiger partial charge in [0.25, 0.3) is 17.0 Å². The summed E-state index contributed by atoms with van der Waals surface area (Å²) in [5.41, 5.74) is 3.89. The van der Waals surface area contributed by atoms with Crippen molar-refractivity contribution in [3.05, 3.63) is 185 Å². The summed E-state index contributed by atoms with van der Waals surface area (Å²) in [7, 11) is -6.02. The van der Waals surface area contributed by atoms with Gasteiger partial charge in [-0.25, -0.2) is 14.8 Å². The van der Waals surface area contributed by atoms with Gasteiger partial charge in [-0.1, -0.05) is 196 Å². The predicted octanol–water partition coefficient (Wildman–Crippen LogP) is 23.0. The zero-order valence-corrected chi connectivity index (χ0v) is 89.7. The molecule has 143 heavy (non-hydrogen) atoms. The van der Waals surface area contributed by atoms with E-state index in [1.165, 1.54) is 0 Å². The lowest BCUT2D eigenvalue weighted by Crippen LogP contribution is -2.50. The molecule has 814 valence electrons. The zero-order valence-electron chi connectivity index (χ0n) is 85.2. The van der Waals surface area contributed by atoms with Gasteiger partial charge in [0.2, 0.25) is 17.3 Å². The molecule has 46 heteroatoms. The molecule has 1 saturated heterocycles. The number of H-pyrrole nitrogens is 2. The molecule has 5 unspecified atom stereocenters. The highest BCUT2D eigenvalue weighted by Crippen LogP contribution is 2.47. The lowest BCUT2D eigenvalue weighted by Gasteiger charge is -2.37. The van der Waals surface area contributed by atoms with Crippen LogP contribution in [0.4, 0.5) is 79.0 Å². The fourth-order valence-electron chi connectivity index (χ4n) is 13.3. The Labute approximate surface area is 839 Å².